The topological polar surface area (TPSA) is 29.5 Å². The van der Waals surface area contributed by atoms with E-state index in [9.17, 15) is 4.79 Å². The standard InChI is InChI=1S/C16H20FNO2S/c1-2-20-14(19)16(17)10-18(9-15(16)11-21-12-15)8-13-6-4-3-5-7-13/h3-7H,2,8-12H2,1H3. The fourth-order valence-corrected chi connectivity index (χ4v) is 4.57. The third-order valence-electron chi connectivity index (χ3n) is 4.41. The maximum atomic E-state index is 15.4. The van der Waals surface area contributed by atoms with Gasteiger partial charge in [-0.25, -0.2) is 9.18 Å². The second-order valence-electron chi connectivity index (χ2n) is 5.93. The van der Waals surface area contributed by atoms with Crippen molar-refractivity contribution in [2.45, 2.75) is 19.1 Å². The summed E-state index contributed by atoms with van der Waals surface area (Å²) in [6.07, 6.45) is 0. The van der Waals surface area contributed by atoms with Crippen LogP contribution in [0.3, 0.4) is 0 Å². The number of thioether (sulfide) groups is 1. The van der Waals surface area contributed by atoms with Gasteiger partial charge in [0.1, 0.15) is 0 Å². The van der Waals surface area contributed by atoms with Gasteiger partial charge in [0, 0.05) is 36.6 Å². The maximum absolute atomic E-state index is 15.4. The highest BCUT2D eigenvalue weighted by Crippen LogP contribution is 2.53. The minimum Gasteiger partial charge on any atom is -0.464 e. The van der Waals surface area contributed by atoms with E-state index >= 15 is 4.39 Å². The molecule has 0 aliphatic carbocycles. The van der Waals surface area contributed by atoms with Gasteiger partial charge in [0.2, 0.25) is 5.67 Å². The Morgan fingerprint density at radius 1 is 1.33 bits per heavy atom. The largest absolute Gasteiger partial charge is 0.464 e. The fraction of sp³-hybridized carbons (Fsp3) is 0.562. The Balaban J connectivity index is 1.77. The van der Waals surface area contributed by atoms with E-state index in [1.165, 1.54) is 0 Å². The Labute approximate surface area is 128 Å². The van der Waals surface area contributed by atoms with E-state index in [1.807, 2.05) is 35.2 Å². The summed E-state index contributed by atoms with van der Waals surface area (Å²) in [5.41, 5.74) is -1.27. The van der Waals surface area contributed by atoms with Crippen LogP contribution in [0.25, 0.3) is 0 Å². The number of nitrogens with zero attached hydrogens (tertiary/aromatic N) is 1. The molecule has 2 aliphatic heterocycles. The van der Waals surface area contributed by atoms with Gasteiger partial charge in [-0.05, 0) is 12.5 Å². The first-order valence-corrected chi connectivity index (χ1v) is 8.45. The maximum Gasteiger partial charge on any atom is 0.345 e. The third-order valence-corrected chi connectivity index (χ3v) is 5.93. The first-order chi connectivity index (χ1) is 10.1. The Bertz CT molecular complexity index is 520. The van der Waals surface area contributed by atoms with Gasteiger partial charge < -0.3 is 4.74 Å². The summed E-state index contributed by atoms with van der Waals surface area (Å²) in [6, 6.07) is 9.99. The highest BCUT2D eigenvalue weighted by atomic mass is 32.2. The van der Waals surface area contributed by atoms with E-state index in [1.54, 1.807) is 18.7 Å². The number of ether oxygens (including phenoxy) is 1. The number of rotatable bonds is 4. The van der Waals surface area contributed by atoms with Crippen LogP contribution in [-0.2, 0) is 16.1 Å². The van der Waals surface area contributed by atoms with E-state index in [2.05, 4.69) is 0 Å². The molecule has 3 nitrogen and oxygen atoms in total. The zero-order chi connectivity index (χ0) is 14.9. The van der Waals surface area contributed by atoms with Gasteiger partial charge in [-0.15, -0.1) is 0 Å². The number of carbonyl (C=O) groups is 1. The van der Waals surface area contributed by atoms with Gasteiger partial charge in [-0.2, -0.15) is 11.8 Å². The summed E-state index contributed by atoms with van der Waals surface area (Å²) in [5.74, 6) is 0.724. The van der Waals surface area contributed by atoms with Gasteiger partial charge in [0.15, 0.2) is 0 Å². The number of carbonyl (C=O) groups excluding carboxylic acids is 1. The molecule has 1 aromatic carbocycles. The lowest BCUT2D eigenvalue weighted by Crippen LogP contribution is -2.57. The summed E-state index contributed by atoms with van der Waals surface area (Å²) >= 11 is 1.70. The molecule has 1 unspecified atom stereocenters. The van der Waals surface area contributed by atoms with Crippen LogP contribution in [0, 0.1) is 5.41 Å². The number of likely N-dealkylation sites (tertiary alicyclic amines) is 1. The van der Waals surface area contributed by atoms with Crippen LogP contribution in [0.4, 0.5) is 4.39 Å². The van der Waals surface area contributed by atoms with Crippen molar-refractivity contribution in [2.24, 2.45) is 5.41 Å². The van der Waals surface area contributed by atoms with E-state index < -0.39 is 17.1 Å². The van der Waals surface area contributed by atoms with Crippen LogP contribution in [0.15, 0.2) is 30.3 Å². The normalized spacial score (nSPS) is 27.5. The van der Waals surface area contributed by atoms with Gasteiger partial charge in [-0.3, -0.25) is 4.90 Å². The Hall–Kier alpha value is -1.07. The third kappa shape index (κ3) is 2.46. The molecule has 0 radical (unpaired) electrons. The van der Waals surface area contributed by atoms with E-state index in [0.29, 0.717) is 24.6 Å². The molecule has 0 N–H and O–H groups in total. The lowest BCUT2D eigenvalue weighted by molar-refractivity contribution is -0.162. The Kier molecular flexibility index (Phi) is 3.97. The van der Waals surface area contributed by atoms with Crippen molar-refractivity contribution in [3.05, 3.63) is 35.9 Å². The number of benzene rings is 1. The molecule has 2 fully saturated rings. The van der Waals surface area contributed by atoms with Crippen LogP contribution >= 0.6 is 11.8 Å². The monoisotopic (exact) mass is 309 g/mol. The van der Waals surface area contributed by atoms with Crippen LogP contribution in [0.1, 0.15) is 12.5 Å². The summed E-state index contributed by atoms with van der Waals surface area (Å²) < 4.78 is 20.4. The molecule has 1 spiro atoms. The van der Waals surface area contributed by atoms with E-state index in [-0.39, 0.29) is 13.2 Å². The lowest BCUT2D eigenvalue weighted by atomic mass is 9.78. The average Bonchev–Trinajstić information content (AvgIpc) is 2.74. The second-order valence-corrected chi connectivity index (χ2v) is 6.91. The van der Waals surface area contributed by atoms with E-state index in [0.717, 1.165) is 5.56 Å². The highest BCUT2D eigenvalue weighted by molar-refractivity contribution is 8.00. The molecule has 0 aromatic heterocycles. The average molecular weight is 309 g/mol. The van der Waals surface area contributed by atoms with Crippen molar-refractivity contribution in [3.8, 4) is 0 Å². The van der Waals surface area contributed by atoms with Crippen LogP contribution in [0.2, 0.25) is 0 Å². The minimum atomic E-state index is -1.86. The molecule has 2 aliphatic rings. The van der Waals surface area contributed by atoms with Crippen molar-refractivity contribution in [1.29, 1.82) is 0 Å². The number of hydrogen-bond acceptors (Lipinski definition) is 4. The molecular weight excluding hydrogens is 289 g/mol. The molecular formula is C16H20FNO2S. The molecule has 3 rings (SSSR count). The molecule has 2 saturated heterocycles. The predicted molar refractivity (Wildman–Crippen MR) is 81.9 cm³/mol. The summed E-state index contributed by atoms with van der Waals surface area (Å²) in [4.78, 5) is 14.2. The molecule has 1 atom stereocenters. The molecule has 0 bridgehead atoms. The smallest absolute Gasteiger partial charge is 0.345 e. The minimum absolute atomic E-state index is 0.140. The van der Waals surface area contributed by atoms with Crippen molar-refractivity contribution in [2.75, 3.05) is 31.2 Å². The Morgan fingerprint density at radius 2 is 2.05 bits per heavy atom. The molecule has 0 saturated carbocycles. The van der Waals surface area contributed by atoms with Crippen molar-refractivity contribution < 1.29 is 13.9 Å². The van der Waals surface area contributed by atoms with E-state index in [4.69, 9.17) is 4.74 Å². The zero-order valence-electron chi connectivity index (χ0n) is 12.2. The van der Waals surface area contributed by atoms with Gasteiger partial charge in [0.25, 0.3) is 0 Å². The molecule has 1 aromatic rings. The van der Waals surface area contributed by atoms with Crippen molar-refractivity contribution in [1.82, 2.24) is 4.90 Å². The number of halogens is 1. The van der Waals surface area contributed by atoms with Crippen LogP contribution in [0.5, 0.6) is 0 Å². The number of alkyl halides is 1. The van der Waals surface area contributed by atoms with Crippen LogP contribution < -0.4 is 0 Å². The molecule has 114 valence electrons. The second kappa shape index (κ2) is 5.61. The number of hydrogen-bond donors (Lipinski definition) is 0. The highest BCUT2D eigenvalue weighted by Gasteiger charge is 2.66. The quantitative estimate of drug-likeness (QED) is 0.799. The molecule has 2 heterocycles. The zero-order valence-corrected chi connectivity index (χ0v) is 13.0. The summed E-state index contributed by atoms with van der Waals surface area (Å²) in [6.45, 7) is 3.40. The van der Waals surface area contributed by atoms with Crippen molar-refractivity contribution >= 4 is 17.7 Å². The molecule has 21 heavy (non-hydrogen) atoms. The molecule has 5 heteroatoms. The summed E-state index contributed by atoms with van der Waals surface area (Å²) in [5, 5.41) is 0. The first kappa shape index (κ1) is 14.9. The Morgan fingerprint density at radius 3 is 2.62 bits per heavy atom. The van der Waals surface area contributed by atoms with Gasteiger partial charge >= 0.3 is 5.97 Å². The van der Waals surface area contributed by atoms with Crippen molar-refractivity contribution in [3.63, 3.8) is 0 Å². The van der Waals surface area contributed by atoms with Gasteiger partial charge in [0.05, 0.1) is 6.61 Å². The number of esters is 1. The van der Waals surface area contributed by atoms with Crippen LogP contribution in [-0.4, -0.2) is 47.7 Å². The first-order valence-electron chi connectivity index (χ1n) is 7.30. The molecule has 0 amide bonds. The van der Waals surface area contributed by atoms with Gasteiger partial charge in [-0.1, -0.05) is 30.3 Å². The summed E-state index contributed by atoms with van der Waals surface area (Å²) in [7, 11) is 0. The lowest BCUT2D eigenvalue weighted by Gasteiger charge is -2.44. The predicted octanol–water partition coefficient (Wildman–Crippen LogP) is 2.51. The SMILES string of the molecule is CCOC(=O)C1(F)CN(Cc2ccccc2)CC12CSC2. The fourth-order valence-electron chi connectivity index (χ4n) is 3.23.